The van der Waals surface area contributed by atoms with E-state index in [1.807, 2.05) is 6.08 Å². The topological polar surface area (TPSA) is 116 Å². The zero-order valence-corrected chi connectivity index (χ0v) is 21.6. The van der Waals surface area contributed by atoms with Crippen molar-refractivity contribution in [2.75, 3.05) is 36.8 Å². The van der Waals surface area contributed by atoms with Gasteiger partial charge in [0.25, 0.3) is 5.91 Å². The van der Waals surface area contributed by atoms with Crippen LogP contribution in [0.1, 0.15) is 48.0 Å². The van der Waals surface area contributed by atoms with Crippen LogP contribution >= 0.6 is 0 Å². The van der Waals surface area contributed by atoms with Gasteiger partial charge in [0.15, 0.2) is 5.65 Å². The molecular formula is C28H31FN8O2. The molecule has 2 saturated heterocycles. The largest absolute Gasteiger partial charge is 0.367 e. The van der Waals surface area contributed by atoms with Crippen molar-refractivity contribution in [3.8, 4) is 0 Å². The van der Waals surface area contributed by atoms with Gasteiger partial charge in [-0.2, -0.15) is 9.61 Å². The summed E-state index contributed by atoms with van der Waals surface area (Å²) >= 11 is 0. The third-order valence-corrected chi connectivity index (χ3v) is 7.19. The number of allylic oxidation sites excluding steroid dienone is 1. The number of benzene rings is 1. The van der Waals surface area contributed by atoms with Crippen LogP contribution in [0.25, 0.3) is 11.7 Å². The standard InChI is InChI=1S/C28H31FN8O2/c1-17-19(14-26(38)32-17)12-20-16-31-37-25(33-21-5-6-21)15-24(35-27(20)37)34-23-7-4-18(13-22(23)29)28(39)30-8-11-36-9-2-3-10-36/h4,7,12-13,15-16,21,33H,1-3,5-6,8-11,14H2,(H,30,39)(H,32,38)(H,34,35)/b19-12+. The molecule has 2 aliphatic heterocycles. The van der Waals surface area contributed by atoms with Crippen molar-refractivity contribution in [3.05, 3.63) is 65.3 Å². The highest BCUT2D eigenvalue weighted by atomic mass is 19.1. The SMILES string of the molecule is C=C1NC(=O)C/C1=C\c1cnn2c(NC3CC3)cc(Nc3ccc(C(=O)NCCN4CCCC4)cc3F)nc12. The van der Waals surface area contributed by atoms with E-state index in [2.05, 4.69) is 37.8 Å². The Hall–Kier alpha value is -4.25. The molecule has 0 bridgehead atoms. The van der Waals surface area contributed by atoms with E-state index in [0.29, 0.717) is 35.3 Å². The summed E-state index contributed by atoms with van der Waals surface area (Å²) in [5.41, 5.74) is 3.07. The summed E-state index contributed by atoms with van der Waals surface area (Å²) in [6.07, 6.45) is 8.29. The Bertz CT molecular complexity index is 1490. The fourth-order valence-electron chi connectivity index (χ4n) is 4.92. The number of carbonyl (C=O) groups is 2. The minimum Gasteiger partial charge on any atom is -0.367 e. The molecule has 39 heavy (non-hydrogen) atoms. The average molecular weight is 531 g/mol. The van der Waals surface area contributed by atoms with Crippen LogP contribution in [0.3, 0.4) is 0 Å². The van der Waals surface area contributed by atoms with Gasteiger partial charge < -0.3 is 26.2 Å². The summed E-state index contributed by atoms with van der Waals surface area (Å²) in [7, 11) is 0. The minimum atomic E-state index is -0.553. The van der Waals surface area contributed by atoms with Crippen LogP contribution in [-0.4, -0.2) is 63.5 Å². The maximum absolute atomic E-state index is 15.1. The van der Waals surface area contributed by atoms with E-state index >= 15 is 4.39 Å². The van der Waals surface area contributed by atoms with Crippen molar-refractivity contribution < 1.29 is 14.0 Å². The van der Waals surface area contributed by atoms with Crippen LogP contribution in [0, 0.1) is 5.82 Å². The lowest BCUT2D eigenvalue weighted by molar-refractivity contribution is -0.118. The Morgan fingerprint density at radius 3 is 2.77 bits per heavy atom. The molecule has 0 unspecified atom stereocenters. The number of carbonyl (C=O) groups excluding carboxylic acids is 2. The number of halogens is 1. The van der Waals surface area contributed by atoms with Crippen molar-refractivity contribution >= 4 is 40.9 Å². The second-order valence-corrected chi connectivity index (χ2v) is 10.3. The van der Waals surface area contributed by atoms with Gasteiger partial charge in [0.05, 0.1) is 18.3 Å². The highest BCUT2D eigenvalue weighted by Gasteiger charge is 2.24. The molecule has 10 nitrogen and oxygen atoms in total. The molecule has 1 aliphatic carbocycles. The Balaban J connectivity index is 1.22. The minimum absolute atomic E-state index is 0.103. The van der Waals surface area contributed by atoms with Crippen LogP contribution in [0.15, 0.2) is 48.3 Å². The maximum Gasteiger partial charge on any atom is 0.251 e. The number of aromatic nitrogens is 3. The van der Waals surface area contributed by atoms with E-state index < -0.39 is 5.82 Å². The van der Waals surface area contributed by atoms with E-state index in [9.17, 15) is 9.59 Å². The van der Waals surface area contributed by atoms with E-state index in [0.717, 1.165) is 43.9 Å². The van der Waals surface area contributed by atoms with Gasteiger partial charge in [-0.15, -0.1) is 0 Å². The quantitative estimate of drug-likeness (QED) is 0.335. The summed E-state index contributed by atoms with van der Waals surface area (Å²) in [4.78, 5) is 31.3. The van der Waals surface area contributed by atoms with Crippen molar-refractivity contribution in [3.63, 3.8) is 0 Å². The first-order valence-corrected chi connectivity index (χ1v) is 13.3. The number of rotatable bonds is 9. The molecule has 202 valence electrons. The fourth-order valence-corrected chi connectivity index (χ4v) is 4.92. The number of amides is 2. The number of anilines is 3. The van der Waals surface area contributed by atoms with Gasteiger partial charge in [-0.25, -0.2) is 9.37 Å². The molecule has 0 spiro atoms. The first-order chi connectivity index (χ1) is 18.9. The van der Waals surface area contributed by atoms with Gasteiger partial charge >= 0.3 is 0 Å². The van der Waals surface area contributed by atoms with Gasteiger partial charge in [0, 0.05) is 42.0 Å². The van der Waals surface area contributed by atoms with Crippen molar-refractivity contribution in [2.45, 2.75) is 38.1 Å². The number of nitrogens with one attached hydrogen (secondary N) is 4. The highest BCUT2D eigenvalue weighted by Crippen LogP contribution is 2.30. The molecular weight excluding hydrogens is 499 g/mol. The lowest BCUT2D eigenvalue weighted by atomic mass is 10.1. The average Bonchev–Trinajstić information content (AvgIpc) is 3.26. The highest BCUT2D eigenvalue weighted by molar-refractivity contribution is 5.94. The Morgan fingerprint density at radius 1 is 1.23 bits per heavy atom. The number of hydrogen-bond donors (Lipinski definition) is 4. The van der Waals surface area contributed by atoms with Crippen LogP contribution in [0.4, 0.5) is 21.7 Å². The predicted octanol–water partition coefficient (Wildman–Crippen LogP) is 3.43. The Morgan fingerprint density at radius 2 is 2.05 bits per heavy atom. The predicted molar refractivity (Wildman–Crippen MR) is 147 cm³/mol. The van der Waals surface area contributed by atoms with Crippen molar-refractivity contribution in [1.29, 1.82) is 0 Å². The fraction of sp³-hybridized carbons (Fsp3) is 0.357. The number of nitrogens with zero attached hydrogens (tertiary/aromatic N) is 4. The second kappa shape index (κ2) is 10.5. The van der Waals surface area contributed by atoms with Crippen LogP contribution < -0.4 is 21.3 Å². The van der Waals surface area contributed by atoms with E-state index in [-0.39, 0.29) is 29.5 Å². The number of likely N-dealkylation sites (tertiary alicyclic amines) is 1. The van der Waals surface area contributed by atoms with Crippen LogP contribution in [0.2, 0.25) is 0 Å². The summed E-state index contributed by atoms with van der Waals surface area (Å²) in [6.45, 7) is 7.36. The van der Waals surface area contributed by atoms with Crippen molar-refractivity contribution in [2.24, 2.45) is 0 Å². The molecule has 0 atom stereocenters. The molecule has 4 N–H and O–H groups in total. The van der Waals surface area contributed by atoms with Crippen molar-refractivity contribution in [1.82, 2.24) is 30.1 Å². The zero-order chi connectivity index (χ0) is 26.9. The van der Waals surface area contributed by atoms with E-state index in [1.165, 1.54) is 18.9 Å². The molecule has 3 aromatic rings. The van der Waals surface area contributed by atoms with Gasteiger partial charge in [-0.05, 0) is 68.6 Å². The van der Waals surface area contributed by atoms with E-state index in [4.69, 9.17) is 4.98 Å². The first-order valence-electron chi connectivity index (χ1n) is 13.3. The second-order valence-electron chi connectivity index (χ2n) is 10.3. The molecule has 3 fully saturated rings. The smallest absolute Gasteiger partial charge is 0.251 e. The third kappa shape index (κ3) is 5.63. The summed E-state index contributed by atoms with van der Waals surface area (Å²) in [5, 5.41) is 16.6. The van der Waals surface area contributed by atoms with Gasteiger partial charge in [-0.1, -0.05) is 6.58 Å². The molecule has 3 aliphatic rings. The molecule has 11 heteroatoms. The molecule has 2 aromatic heterocycles. The molecule has 1 saturated carbocycles. The third-order valence-electron chi connectivity index (χ3n) is 7.19. The first kappa shape index (κ1) is 25.1. The lowest BCUT2D eigenvalue weighted by Gasteiger charge is -2.15. The Kier molecular flexibility index (Phi) is 6.74. The summed E-state index contributed by atoms with van der Waals surface area (Å²) in [5.74, 6) is 0.195. The molecule has 1 aromatic carbocycles. The van der Waals surface area contributed by atoms with Gasteiger partial charge in [-0.3, -0.25) is 9.59 Å². The van der Waals surface area contributed by atoms with Gasteiger partial charge in [0.2, 0.25) is 5.91 Å². The number of hydrogen-bond acceptors (Lipinski definition) is 7. The van der Waals surface area contributed by atoms with Crippen LogP contribution in [-0.2, 0) is 4.79 Å². The van der Waals surface area contributed by atoms with Crippen LogP contribution in [0.5, 0.6) is 0 Å². The van der Waals surface area contributed by atoms with Gasteiger partial charge in [0.1, 0.15) is 17.5 Å². The normalized spacial score (nSPS) is 18.6. The Labute approximate surface area is 225 Å². The molecule has 0 radical (unpaired) electrons. The summed E-state index contributed by atoms with van der Waals surface area (Å²) in [6, 6.07) is 6.52. The molecule has 4 heterocycles. The number of fused-ring (bicyclic) bond motifs is 1. The monoisotopic (exact) mass is 530 g/mol. The lowest BCUT2D eigenvalue weighted by Crippen LogP contribution is -2.33. The zero-order valence-electron chi connectivity index (χ0n) is 21.6. The molecule has 6 rings (SSSR count). The van der Waals surface area contributed by atoms with E-state index in [1.54, 1.807) is 28.9 Å². The summed E-state index contributed by atoms with van der Waals surface area (Å²) < 4.78 is 16.8. The maximum atomic E-state index is 15.1. The molecule has 2 amide bonds.